The highest BCUT2D eigenvalue weighted by atomic mass is 19.4. The van der Waals surface area contributed by atoms with E-state index >= 15 is 0 Å². The first kappa shape index (κ1) is 20.1. The molecule has 6 heteroatoms. The van der Waals surface area contributed by atoms with Crippen molar-refractivity contribution in [2.75, 3.05) is 13.1 Å². The Kier molecular flexibility index (Phi) is 6.17. The Morgan fingerprint density at radius 3 is 2.25 bits per heavy atom. The lowest BCUT2D eigenvalue weighted by atomic mass is 9.89. The largest absolute Gasteiger partial charge is 0.389 e. The molecule has 1 atom stereocenters. The summed E-state index contributed by atoms with van der Waals surface area (Å²) in [5.74, 6) is -0.964. The fourth-order valence-electron chi connectivity index (χ4n) is 3.52. The lowest BCUT2D eigenvalue weighted by molar-refractivity contribution is -0.149. The molecule has 2 aromatic carbocycles. The van der Waals surface area contributed by atoms with Gasteiger partial charge in [0, 0.05) is 31.0 Å². The summed E-state index contributed by atoms with van der Waals surface area (Å²) in [6.45, 7) is 0.601. The highest BCUT2D eigenvalue weighted by molar-refractivity contribution is 5.98. The first-order valence-corrected chi connectivity index (χ1v) is 9.38. The number of likely N-dealkylation sites (tertiary alicyclic amines) is 1. The van der Waals surface area contributed by atoms with Gasteiger partial charge in [-0.3, -0.25) is 9.59 Å². The number of piperidine rings is 1. The normalized spacial score (nSPS) is 17.4. The summed E-state index contributed by atoms with van der Waals surface area (Å²) in [5.41, 5.74) is 2.62. The first-order chi connectivity index (χ1) is 13.3. The molecular weight excluding hydrogens is 367 g/mol. The van der Waals surface area contributed by atoms with E-state index in [1.807, 2.05) is 42.5 Å². The number of Topliss-reactive ketones (excluding diaryl/α,β-unsaturated/α-hetero) is 1. The van der Waals surface area contributed by atoms with Gasteiger partial charge in [-0.25, -0.2) is 0 Å². The van der Waals surface area contributed by atoms with Gasteiger partial charge in [0.05, 0.1) is 6.42 Å². The number of hydrogen-bond acceptors (Lipinski definition) is 2. The van der Waals surface area contributed by atoms with Gasteiger partial charge in [-0.05, 0) is 24.0 Å². The summed E-state index contributed by atoms with van der Waals surface area (Å²) in [4.78, 5) is 26.3. The summed E-state index contributed by atoms with van der Waals surface area (Å²) < 4.78 is 37.0. The minimum absolute atomic E-state index is 0.0621. The van der Waals surface area contributed by atoms with Crippen molar-refractivity contribution in [1.82, 2.24) is 4.90 Å². The van der Waals surface area contributed by atoms with Crippen LogP contribution < -0.4 is 0 Å². The standard InChI is InChI=1S/C22H22F3NO2/c23-22(24,25)13-12-20(27)26-14-4-7-19(15-26)21(28)18-10-8-17(9-11-18)16-5-2-1-3-6-16/h1-3,5-6,8-11,19H,4,7,12-15H2/t19-/m0/s1. The second-order valence-corrected chi connectivity index (χ2v) is 7.10. The third-order valence-corrected chi connectivity index (χ3v) is 5.04. The molecule has 1 aliphatic rings. The van der Waals surface area contributed by atoms with Crippen molar-refractivity contribution < 1.29 is 22.8 Å². The quantitative estimate of drug-likeness (QED) is 0.666. The van der Waals surface area contributed by atoms with Crippen LogP contribution in [-0.2, 0) is 4.79 Å². The van der Waals surface area contributed by atoms with Crippen molar-refractivity contribution in [1.29, 1.82) is 0 Å². The molecule has 0 aliphatic carbocycles. The molecule has 1 amide bonds. The van der Waals surface area contributed by atoms with Gasteiger partial charge in [-0.2, -0.15) is 13.2 Å². The first-order valence-electron chi connectivity index (χ1n) is 9.38. The SMILES string of the molecule is O=C(c1ccc(-c2ccccc2)cc1)[C@H]1CCCN(C(=O)CCC(F)(F)F)C1. The minimum atomic E-state index is -4.35. The van der Waals surface area contributed by atoms with E-state index < -0.39 is 24.9 Å². The second-order valence-electron chi connectivity index (χ2n) is 7.10. The van der Waals surface area contributed by atoms with E-state index in [9.17, 15) is 22.8 Å². The van der Waals surface area contributed by atoms with Gasteiger partial charge >= 0.3 is 6.18 Å². The van der Waals surface area contributed by atoms with Crippen LogP contribution >= 0.6 is 0 Å². The number of ketones is 1. The molecule has 3 nitrogen and oxygen atoms in total. The summed E-state index contributed by atoms with van der Waals surface area (Å²) >= 11 is 0. The molecule has 28 heavy (non-hydrogen) atoms. The van der Waals surface area contributed by atoms with Crippen molar-refractivity contribution in [2.45, 2.75) is 31.9 Å². The lowest BCUT2D eigenvalue weighted by Crippen LogP contribution is -2.42. The third kappa shape index (κ3) is 5.21. The topological polar surface area (TPSA) is 37.4 Å². The average molecular weight is 389 g/mol. The van der Waals surface area contributed by atoms with Gasteiger partial charge in [-0.1, -0.05) is 54.6 Å². The zero-order valence-corrected chi connectivity index (χ0v) is 15.4. The van der Waals surface area contributed by atoms with Crippen LogP contribution in [0.1, 0.15) is 36.0 Å². The van der Waals surface area contributed by atoms with Crippen molar-refractivity contribution in [2.24, 2.45) is 5.92 Å². The highest BCUT2D eigenvalue weighted by Crippen LogP contribution is 2.26. The van der Waals surface area contributed by atoms with Crippen LogP contribution in [0.5, 0.6) is 0 Å². The molecule has 1 fully saturated rings. The maximum Gasteiger partial charge on any atom is 0.389 e. The van der Waals surface area contributed by atoms with Gasteiger partial charge < -0.3 is 4.90 Å². The second kappa shape index (κ2) is 8.59. The van der Waals surface area contributed by atoms with E-state index in [2.05, 4.69) is 0 Å². The summed E-state index contributed by atoms with van der Waals surface area (Å²) in [6, 6.07) is 17.1. The van der Waals surface area contributed by atoms with Crippen molar-refractivity contribution in [3.8, 4) is 11.1 Å². The van der Waals surface area contributed by atoms with E-state index in [4.69, 9.17) is 0 Å². The molecule has 3 rings (SSSR count). The molecule has 2 aromatic rings. The van der Waals surface area contributed by atoms with Gasteiger partial charge in [0.15, 0.2) is 5.78 Å². The van der Waals surface area contributed by atoms with Crippen molar-refractivity contribution in [3.63, 3.8) is 0 Å². The zero-order valence-electron chi connectivity index (χ0n) is 15.4. The number of nitrogens with zero attached hydrogens (tertiary/aromatic N) is 1. The molecule has 0 unspecified atom stereocenters. The Hall–Kier alpha value is -2.63. The molecule has 0 spiro atoms. The number of halogens is 3. The van der Waals surface area contributed by atoms with Crippen LogP contribution in [0.15, 0.2) is 54.6 Å². The Labute approximate surface area is 162 Å². The number of carbonyl (C=O) groups excluding carboxylic acids is 2. The molecule has 1 heterocycles. The molecule has 0 radical (unpaired) electrons. The molecule has 0 N–H and O–H groups in total. The van der Waals surface area contributed by atoms with Gasteiger partial charge in [0.1, 0.15) is 0 Å². The number of carbonyl (C=O) groups is 2. The molecule has 0 aromatic heterocycles. The van der Waals surface area contributed by atoms with Crippen molar-refractivity contribution in [3.05, 3.63) is 60.2 Å². The number of rotatable bonds is 5. The third-order valence-electron chi connectivity index (χ3n) is 5.04. The molecule has 0 saturated carbocycles. The van der Waals surface area contributed by atoms with Crippen LogP contribution in [0.4, 0.5) is 13.2 Å². The molecular formula is C22H22F3NO2. The number of hydrogen-bond donors (Lipinski definition) is 0. The minimum Gasteiger partial charge on any atom is -0.342 e. The lowest BCUT2D eigenvalue weighted by Gasteiger charge is -2.32. The van der Waals surface area contributed by atoms with E-state index in [-0.39, 0.29) is 18.2 Å². The zero-order chi connectivity index (χ0) is 20.1. The summed E-state index contributed by atoms with van der Waals surface area (Å²) in [7, 11) is 0. The fourth-order valence-corrected chi connectivity index (χ4v) is 3.52. The average Bonchev–Trinajstić information content (AvgIpc) is 2.72. The van der Waals surface area contributed by atoms with Crippen LogP contribution in [-0.4, -0.2) is 35.9 Å². The number of amides is 1. The van der Waals surface area contributed by atoms with Crippen LogP contribution in [0.2, 0.25) is 0 Å². The Bertz CT molecular complexity index is 816. The van der Waals surface area contributed by atoms with Crippen LogP contribution in [0.25, 0.3) is 11.1 Å². The monoisotopic (exact) mass is 389 g/mol. The molecule has 1 saturated heterocycles. The Morgan fingerprint density at radius 1 is 0.964 bits per heavy atom. The maximum absolute atomic E-state index is 12.8. The van der Waals surface area contributed by atoms with E-state index in [0.717, 1.165) is 11.1 Å². The summed E-state index contributed by atoms with van der Waals surface area (Å²) in [5, 5.41) is 0. The molecule has 0 bridgehead atoms. The predicted octanol–water partition coefficient (Wildman–Crippen LogP) is 5.12. The molecule has 148 valence electrons. The highest BCUT2D eigenvalue weighted by Gasteiger charge is 2.32. The Balaban J connectivity index is 1.63. The van der Waals surface area contributed by atoms with Gasteiger partial charge in [-0.15, -0.1) is 0 Å². The van der Waals surface area contributed by atoms with E-state index in [1.54, 1.807) is 12.1 Å². The van der Waals surface area contributed by atoms with E-state index in [0.29, 0.717) is 24.9 Å². The number of alkyl halides is 3. The summed E-state index contributed by atoms with van der Waals surface area (Å²) in [6.07, 6.45) is -4.77. The smallest absolute Gasteiger partial charge is 0.342 e. The van der Waals surface area contributed by atoms with Crippen LogP contribution in [0.3, 0.4) is 0 Å². The fraction of sp³-hybridized carbons (Fsp3) is 0.364. The Morgan fingerprint density at radius 2 is 1.61 bits per heavy atom. The van der Waals surface area contributed by atoms with Crippen LogP contribution in [0, 0.1) is 5.92 Å². The van der Waals surface area contributed by atoms with Gasteiger partial charge in [0.2, 0.25) is 5.91 Å². The van der Waals surface area contributed by atoms with E-state index in [1.165, 1.54) is 4.90 Å². The maximum atomic E-state index is 12.8. The molecule has 1 aliphatic heterocycles. The number of benzene rings is 2. The van der Waals surface area contributed by atoms with Crippen molar-refractivity contribution >= 4 is 11.7 Å². The van der Waals surface area contributed by atoms with Gasteiger partial charge in [0.25, 0.3) is 0 Å². The predicted molar refractivity (Wildman–Crippen MR) is 101 cm³/mol.